The Kier molecular flexibility index (Phi) is 5.03. The van der Waals surface area contributed by atoms with Crippen LogP contribution in [-0.4, -0.2) is 35.3 Å². The van der Waals surface area contributed by atoms with Crippen LogP contribution >= 0.6 is 23.2 Å². The van der Waals surface area contributed by atoms with Gasteiger partial charge in [-0.05, 0) is 36.4 Å². The molecular weight excluding hydrogens is 387 g/mol. The van der Waals surface area contributed by atoms with Crippen molar-refractivity contribution in [2.75, 3.05) is 18.4 Å². The summed E-state index contributed by atoms with van der Waals surface area (Å²) in [7, 11) is 0. The van der Waals surface area contributed by atoms with Crippen molar-refractivity contribution in [2.24, 2.45) is 0 Å². The Morgan fingerprint density at radius 3 is 2.41 bits per heavy atom. The second-order valence-corrected chi connectivity index (χ2v) is 6.96. The van der Waals surface area contributed by atoms with E-state index >= 15 is 0 Å². The van der Waals surface area contributed by atoms with Crippen molar-refractivity contribution in [3.05, 3.63) is 64.3 Å². The summed E-state index contributed by atoms with van der Waals surface area (Å²) in [5.41, 5.74) is 2.10. The van der Waals surface area contributed by atoms with E-state index in [1.807, 2.05) is 12.1 Å². The second-order valence-electron chi connectivity index (χ2n) is 6.14. The molecule has 1 amide bonds. The van der Waals surface area contributed by atoms with E-state index < -0.39 is 0 Å². The van der Waals surface area contributed by atoms with E-state index in [0.29, 0.717) is 16.4 Å². The third-order valence-electron chi connectivity index (χ3n) is 4.21. The van der Waals surface area contributed by atoms with Crippen LogP contribution < -0.4 is 15.4 Å². The third kappa shape index (κ3) is 3.93. The zero-order chi connectivity index (χ0) is 18.8. The normalized spacial score (nSPS) is 13.9. The average Bonchev–Trinajstić information content (AvgIpc) is 3.02. The van der Waals surface area contributed by atoms with Gasteiger partial charge < -0.3 is 15.4 Å². The molecule has 0 bridgehead atoms. The lowest BCUT2D eigenvalue weighted by atomic mass is 10.1. The second kappa shape index (κ2) is 7.60. The highest BCUT2D eigenvalue weighted by Crippen LogP contribution is 2.29. The zero-order valence-electron chi connectivity index (χ0n) is 14.1. The number of aromatic amines is 1. The number of aromatic nitrogens is 2. The zero-order valence-corrected chi connectivity index (χ0v) is 15.6. The van der Waals surface area contributed by atoms with Crippen LogP contribution in [0.4, 0.5) is 5.69 Å². The minimum Gasteiger partial charge on any atom is -0.488 e. The van der Waals surface area contributed by atoms with E-state index in [-0.39, 0.29) is 22.7 Å². The fourth-order valence-corrected chi connectivity index (χ4v) is 3.03. The van der Waals surface area contributed by atoms with Crippen molar-refractivity contribution in [3.63, 3.8) is 0 Å². The molecule has 2 aromatic carbocycles. The van der Waals surface area contributed by atoms with Gasteiger partial charge in [0.05, 0.1) is 5.02 Å². The number of halogens is 2. The topological polar surface area (TPSA) is 79.0 Å². The van der Waals surface area contributed by atoms with Crippen LogP contribution in [0.5, 0.6) is 5.75 Å². The number of amides is 1. The Morgan fingerprint density at radius 1 is 1.07 bits per heavy atom. The maximum absolute atomic E-state index is 12.5. The number of carbonyl (C=O) groups excluding carboxylic acids is 1. The predicted molar refractivity (Wildman–Crippen MR) is 106 cm³/mol. The number of carbonyl (C=O) groups is 1. The van der Waals surface area contributed by atoms with Crippen LogP contribution in [0.1, 0.15) is 10.5 Å². The summed E-state index contributed by atoms with van der Waals surface area (Å²) in [5.74, 6) is 0.397. The first-order chi connectivity index (χ1) is 13.1. The van der Waals surface area contributed by atoms with Gasteiger partial charge in [-0.25, -0.2) is 0 Å². The molecule has 2 heterocycles. The van der Waals surface area contributed by atoms with Gasteiger partial charge in [-0.2, -0.15) is 5.10 Å². The smallest absolute Gasteiger partial charge is 0.275 e. The van der Waals surface area contributed by atoms with Crippen molar-refractivity contribution in [1.29, 1.82) is 0 Å². The quantitative estimate of drug-likeness (QED) is 0.602. The van der Waals surface area contributed by atoms with Gasteiger partial charge in [0, 0.05) is 29.4 Å². The average molecular weight is 403 g/mol. The molecule has 1 aliphatic heterocycles. The maximum Gasteiger partial charge on any atom is 0.275 e. The number of H-pyrrole nitrogens is 1. The van der Waals surface area contributed by atoms with Gasteiger partial charge in [-0.15, -0.1) is 0 Å². The van der Waals surface area contributed by atoms with Gasteiger partial charge >= 0.3 is 0 Å². The number of nitrogens with zero attached hydrogens (tertiary/aromatic N) is 1. The Labute approximate surface area is 165 Å². The summed E-state index contributed by atoms with van der Waals surface area (Å²) < 4.78 is 5.75. The molecule has 27 heavy (non-hydrogen) atoms. The molecule has 1 saturated heterocycles. The first-order valence-corrected chi connectivity index (χ1v) is 9.14. The number of hydrogen-bond donors (Lipinski definition) is 3. The summed E-state index contributed by atoms with van der Waals surface area (Å²) in [6, 6.07) is 14.3. The molecule has 0 saturated carbocycles. The Hall–Kier alpha value is -2.54. The molecule has 8 heteroatoms. The molecule has 1 fully saturated rings. The molecule has 1 aliphatic rings. The van der Waals surface area contributed by atoms with Gasteiger partial charge in [0.15, 0.2) is 0 Å². The Balaban J connectivity index is 1.46. The van der Waals surface area contributed by atoms with E-state index in [0.717, 1.165) is 24.4 Å². The monoisotopic (exact) mass is 402 g/mol. The molecule has 4 rings (SSSR count). The van der Waals surface area contributed by atoms with E-state index in [4.69, 9.17) is 27.9 Å². The summed E-state index contributed by atoms with van der Waals surface area (Å²) in [4.78, 5) is 12.5. The molecule has 0 aliphatic carbocycles. The molecule has 0 radical (unpaired) electrons. The maximum atomic E-state index is 12.5. The number of ether oxygens (including phenoxy) is 1. The minimum absolute atomic E-state index is 0.197. The minimum atomic E-state index is -0.371. The predicted octanol–water partition coefficient (Wildman–Crippen LogP) is 3.99. The first kappa shape index (κ1) is 17.9. The molecular formula is C19H16Cl2N4O2. The lowest BCUT2D eigenvalue weighted by molar-refractivity contribution is 0.102. The number of nitrogens with one attached hydrogen (secondary N) is 3. The number of anilines is 1. The van der Waals surface area contributed by atoms with Crippen LogP contribution in [0.25, 0.3) is 11.3 Å². The van der Waals surface area contributed by atoms with Crippen molar-refractivity contribution < 1.29 is 9.53 Å². The van der Waals surface area contributed by atoms with Gasteiger partial charge in [0.2, 0.25) is 0 Å². The standard InChI is InChI=1S/C19H16Cl2N4O2/c20-12-3-1-11(2-4-12)17-16(21)18(25-24-17)19(26)23-13-5-7-14(8-6-13)27-15-9-22-10-15/h1-8,15,22H,9-10H2,(H,23,26)(H,24,25). The van der Waals surface area contributed by atoms with Crippen LogP contribution in [0.15, 0.2) is 48.5 Å². The van der Waals surface area contributed by atoms with Gasteiger partial charge in [0.1, 0.15) is 23.2 Å². The third-order valence-corrected chi connectivity index (χ3v) is 4.83. The lowest BCUT2D eigenvalue weighted by Gasteiger charge is -2.27. The highest BCUT2D eigenvalue weighted by atomic mass is 35.5. The Morgan fingerprint density at radius 2 is 1.78 bits per heavy atom. The molecule has 6 nitrogen and oxygen atoms in total. The van der Waals surface area contributed by atoms with Gasteiger partial charge in [-0.3, -0.25) is 9.89 Å². The SMILES string of the molecule is O=C(Nc1ccc(OC2CNC2)cc1)c1[nH]nc(-c2ccc(Cl)cc2)c1Cl. The number of rotatable bonds is 5. The van der Waals surface area contributed by atoms with Crippen molar-refractivity contribution in [1.82, 2.24) is 15.5 Å². The van der Waals surface area contributed by atoms with E-state index in [2.05, 4.69) is 20.8 Å². The summed E-state index contributed by atoms with van der Waals surface area (Å²) in [6.45, 7) is 1.71. The molecule has 0 unspecified atom stereocenters. The number of benzene rings is 2. The summed E-state index contributed by atoms with van der Waals surface area (Å²) in [5, 5.41) is 13.7. The highest BCUT2D eigenvalue weighted by molar-refractivity contribution is 6.36. The van der Waals surface area contributed by atoms with Crippen LogP contribution in [0.2, 0.25) is 10.0 Å². The van der Waals surface area contributed by atoms with Crippen molar-refractivity contribution >= 4 is 34.8 Å². The molecule has 138 valence electrons. The summed E-state index contributed by atoms with van der Waals surface area (Å²) in [6.07, 6.45) is 0.209. The van der Waals surface area contributed by atoms with Crippen molar-refractivity contribution in [3.8, 4) is 17.0 Å². The molecule has 3 N–H and O–H groups in total. The molecule has 0 atom stereocenters. The van der Waals surface area contributed by atoms with Crippen LogP contribution in [0.3, 0.4) is 0 Å². The summed E-state index contributed by atoms with van der Waals surface area (Å²) >= 11 is 12.2. The van der Waals surface area contributed by atoms with E-state index in [1.165, 1.54) is 0 Å². The highest BCUT2D eigenvalue weighted by Gasteiger charge is 2.20. The first-order valence-electron chi connectivity index (χ1n) is 8.39. The largest absolute Gasteiger partial charge is 0.488 e. The fourth-order valence-electron chi connectivity index (χ4n) is 2.63. The molecule has 0 spiro atoms. The van der Waals surface area contributed by atoms with Crippen molar-refractivity contribution in [2.45, 2.75) is 6.10 Å². The fraction of sp³-hybridized carbons (Fsp3) is 0.158. The molecule has 3 aromatic rings. The van der Waals surface area contributed by atoms with Crippen LogP contribution in [0, 0.1) is 0 Å². The van der Waals surface area contributed by atoms with E-state index in [1.54, 1.807) is 36.4 Å². The van der Waals surface area contributed by atoms with E-state index in [9.17, 15) is 4.79 Å². The van der Waals surface area contributed by atoms with Gasteiger partial charge in [-0.1, -0.05) is 35.3 Å². The lowest BCUT2D eigenvalue weighted by Crippen LogP contribution is -2.50. The molecule has 1 aromatic heterocycles. The van der Waals surface area contributed by atoms with Crippen LogP contribution in [-0.2, 0) is 0 Å². The van der Waals surface area contributed by atoms with Gasteiger partial charge in [0.25, 0.3) is 5.91 Å². The Bertz CT molecular complexity index is 951. The number of hydrogen-bond acceptors (Lipinski definition) is 4.